The topological polar surface area (TPSA) is 67.7 Å². The normalized spacial score (nSPS) is 17.0. The molecule has 3 rings (SSSR count). The molecule has 30 heavy (non-hydrogen) atoms. The van der Waals surface area contributed by atoms with E-state index in [1.54, 1.807) is 29.2 Å². The van der Waals surface area contributed by atoms with Crippen molar-refractivity contribution in [3.8, 4) is 0 Å². The Morgan fingerprint density at radius 1 is 1.27 bits per heavy atom. The van der Waals surface area contributed by atoms with Crippen LogP contribution < -0.4 is 0 Å². The van der Waals surface area contributed by atoms with Crippen molar-refractivity contribution in [1.82, 2.24) is 19.6 Å². The fraction of sp³-hybridized carbons (Fsp3) is 0.522. The molecule has 1 aliphatic rings. The van der Waals surface area contributed by atoms with Crippen molar-refractivity contribution in [1.29, 1.82) is 0 Å². The highest BCUT2D eigenvalue weighted by Gasteiger charge is 2.29. The lowest BCUT2D eigenvalue weighted by Gasteiger charge is -2.34. The zero-order valence-electron chi connectivity index (χ0n) is 18.6. The van der Waals surface area contributed by atoms with Gasteiger partial charge in [0.2, 0.25) is 0 Å². The number of carbonyl (C=O) groups is 2. The van der Waals surface area contributed by atoms with Crippen LogP contribution in [0.25, 0.3) is 0 Å². The number of nitrogens with zero attached hydrogens (tertiary/aromatic N) is 4. The standard InChI is InChI=1S/C23H32N4O3/c1-17-9-6-7-10-18(17)14-25(5)21(28)19-13-24-27(15-19)20-11-8-12-26(16-20)22(29)30-23(2,3)4/h6-7,9-10,13,15,20H,8,11-12,14,16H2,1-5H3/t20-/m1/s1. The molecule has 0 unspecified atom stereocenters. The summed E-state index contributed by atoms with van der Waals surface area (Å²) in [7, 11) is 1.80. The smallest absolute Gasteiger partial charge is 0.410 e. The highest BCUT2D eigenvalue weighted by molar-refractivity contribution is 5.93. The average Bonchev–Trinajstić information content (AvgIpc) is 3.18. The van der Waals surface area contributed by atoms with Crippen LogP contribution >= 0.6 is 0 Å². The zero-order valence-corrected chi connectivity index (χ0v) is 18.6. The SMILES string of the molecule is Cc1ccccc1CN(C)C(=O)c1cnn([C@@H]2CCCN(C(=O)OC(C)(C)C)C2)c1. The van der Waals surface area contributed by atoms with E-state index in [2.05, 4.69) is 5.10 Å². The van der Waals surface area contributed by atoms with Crippen molar-refractivity contribution in [3.05, 3.63) is 53.3 Å². The second-order valence-electron chi connectivity index (χ2n) is 9.02. The van der Waals surface area contributed by atoms with Crippen LogP contribution in [0.3, 0.4) is 0 Å². The Labute approximate surface area is 178 Å². The summed E-state index contributed by atoms with van der Waals surface area (Å²) in [6.07, 6.45) is 4.89. The third kappa shape index (κ3) is 5.40. The molecular formula is C23H32N4O3. The highest BCUT2D eigenvalue weighted by atomic mass is 16.6. The van der Waals surface area contributed by atoms with E-state index >= 15 is 0 Å². The molecule has 0 bridgehead atoms. The number of carbonyl (C=O) groups excluding carboxylic acids is 2. The first-order valence-corrected chi connectivity index (χ1v) is 10.5. The fourth-order valence-electron chi connectivity index (χ4n) is 3.65. The van der Waals surface area contributed by atoms with Crippen molar-refractivity contribution < 1.29 is 14.3 Å². The van der Waals surface area contributed by atoms with Gasteiger partial charge in [0.1, 0.15) is 5.60 Å². The van der Waals surface area contributed by atoms with E-state index < -0.39 is 5.60 Å². The maximum Gasteiger partial charge on any atom is 0.410 e. The first-order valence-electron chi connectivity index (χ1n) is 10.5. The Morgan fingerprint density at radius 3 is 2.70 bits per heavy atom. The van der Waals surface area contributed by atoms with E-state index in [0.717, 1.165) is 24.0 Å². The largest absolute Gasteiger partial charge is 0.444 e. The monoisotopic (exact) mass is 412 g/mol. The van der Waals surface area contributed by atoms with Gasteiger partial charge in [-0.05, 0) is 51.7 Å². The summed E-state index contributed by atoms with van der Waals surface area (Å²) in [5.41, 5.74) is 2.33. The minimum atomic E-state index is -0.517. The molecular weight excluding hydrogens is 380 g/mol. The molecule has 7 heteroatoms. The summed E-state index contributed by atoms with van der Waals surface area (Å²) >= 11 is 0. The van der Waals surface area contributed by atoms with Crippen molar-refractivity contribution in [2.24, 2.45) is 0 Å². The predicted octanol–water partition coefficient (Wildman–Crippen LogP) is 4.04. The third-order valence-corrected chi connectivity index (χ3v) is 5.29. The molecule has 1 saturated heterocycles. The van der Waals surface area contributed by atoms with Gasteiger partial charge in [-0.1, -0.05) is 24.3 Å². The Bertz CT molecular complexity index is 900. The number of ether oxygens (including phenoxy) is 1. The summed E-state index contributed by atoms with van der Waals surface area (Å²) < 4.78 is 7.31. The van der Waals surface area contributed by atoms with Gasteiger partial charge in [0, 0.05) is 32.9 Å². The van der Waals surface area contributed by atoms with Crippen LogP contribution in [0.5, 0.6) is 0 Å². The predicted molar refractivity (Wildman–Crippen MR) is 115 cm³/mol. The highest BCUT2D eigenvalue weighted by Crippen LogP contribution is 2.23. The number of hydrogen-bond acceptors (Lipinski definition) is 4. The van der Waals surface area contributed by atoms with E-state index in [9.17, 15) is 9.59 Å². The van der Waals surface area contributed by atoms with Crippen molar-refractivity contribution in [2.45, 2.75) is 58.7 Å². The quantitative estimate of drug-likeness (QED) is 0.760. The number of aryl methyl sites for hydroxylation is 1. The maximum absolute atomic E-state index is 12.9. The summed E-state index contributed by atoms with van der Waals surface area (Å²) in [6.45, 7) is 9.40. The van der Waals surface area contributed by atoms with E-state index in [0.29, 0.717) is 25.2 Å². The van der Waals surface area contributed by atoms with Crippen LogP contribution in [0.2, 0.25) is 0 Å². The van der Waals surface area contributed by atoms with Crippen LogP contribution in [0.15, 0.2) is 36.7 Å². The summed E-state index contributed by atoms with van der Waals surface area (Å²) in [4.78, 5) is 28.7. The molecule has 1 aromatic heterocycles. The van der Waals surface area contributed by atoms with Crippen LogP contribution in [-0.2, 0) is 11.3 Å². The van der Waals surface area contributed by atoms with Gasteiger partial charge < -0.3 is 14.5 Å². The maximum atomic E-state index is 12.9. The molecule has 1 aliphatic heterocycles. The Hall–Kier alpha value is -2.83. The minimum Gasteiger partial charge on any atom is -0.444 e. The molecule has 2 aromatic rings. The molecule has 0 saturated carbocycles. The number of hydrogen-bond donors (Lipinski definition) is 0. The lowest BCUT2D eigenvalue weighted by atomic mass is 10.1. The minimum absolute atomic E-state index is 0.0366. The molecule has 162 valence electrons. The Kier molecular flexibility index (Phi) is 6.48. The molecule has 1 atom stereocenters. The number of likely N-dealkylation sites (tertiary alicyclic amines) is 1. The molecule has 0 aliphatic carbocycles. The number of aromatic nitrogens is 2. The van der Waals surface area contributed by atoms with Gasteiger partial charge in [-0.25, -0.2) is 4.79 Å². The third-order valence-electron chi connectivity index (χ3n) is 5.29. The van der Waals surface area contributed by atoms with Gasteiger partial charge in [-0.15, -0.1) is 0 Å². The number of benzene rings is 1. The van der Waals surface area contributed by atoms with Crippen LogP contribution in [-0.4, -0.2) is 57.3 Å². The van der Waals surface area contributed by atoms with Crippen LogP contribution in [0.4, 0.5) is 4.79 Å². The number of amides is 2. The average molecular weight is 413 g/mol. The van der Waals surface area contributed by atoms with Crippen LogP contribution in [0, 0.1) is 6.92 Å². The summed E-state index contributed by atoms with van der Waals surface area (Å²) in [5, 5.41) is 4.43. The molecule has 7 nitrogen and oxygen atoms in total. The first-order chi connectivity index (χ1) is 14.1. The van der Waals surface area contributed by atoms with E-state index in [1.165, 1.54) is 0 Å². The van der Waals surface area contributed by atoms with Gasteiger partial charge in [0.15, 0.2) is 0 Å². The zero-order chi connectivity index (χ0) is 21.9. The molecule has 1 fully saturated rings. The van der Waals surface area contributed by atoms with Gasteiger partial charge in [0.05, 0.1) is 17.8 Å². The lowest BCUT2D eigenvalue weighted by Crippen LogP contribution is -2.43. The Balaban J connectivity index is 1.64. The molecule has 2 heterocycles. The number of rotatable bonds is 4. The molecule has 0 spiro atoms. The second-order valence-corrected chi connectivity index (χ2v) is 9.02. The van der Waals surface area contributed by atoms with E-state index in [1.807, 2.05) is 56.6 Å². The Morgan fingerprint density at radius 2 is 2.00 bits per heavy atom. The van der Waals surface area contributed by atoms with Gasteiger partial charge in [-0.2, -0.15) is 5.10 Å². The van der Waals surface area contributed by atoms with Gasteiger partial charge in [0.25, 0.3) is 5.91 Å². The van der Waals surface area contributed by atoms with Gasteiger partial charge in [-0.3, -0.25) is 9.48 Å². The molecule has 2 amide bonds. The van der Waals surface area contributed by atoms with Crippen molar-refractivity contribution >= 4 is 12.0 Å². The fourth-order valence-corrected chi connectivity index (χ4v) is 3.65. The van der Waals surface area contributed by atoms with Crippen LogP contribution in [0.1, 0.15) is 61.1 Å². The van der Waals surface area contributed by atoms with E-state index in [4.69, 9.17) is 4.74 Å². The first kappa shape index (κ1) is 21.9. The van der Waals surface area contributed by atoms with E-state index in [-0.39, 0.29) is 18.0 Å². The molecule has 0 N–H and O–H groups in total. The molecule has 0 radical (unpaired) electrons. The molecule has 1 aromatic carbocycles. The summed E-state index contributed by atoms with van der Waals surface area (Å²) in [6, 6.07) is 8.10. The van der Waals surface area contributed by atoms with Crippen molar-refractivity contribution in [3.63, 3.8) is 0 Å². The summed E-state index contributed by atoms with van der Waals surface area (Å²) in [5.74, 6) is -0.0655. The van der Waals surface area contributed by atoms with Gasteiger partial charge >= 0.3 is 6.09 Å². The second kappa shape index (κ2) is 8.90. The van der Waals surface area contributed by atoms with Crippen molar-refractivity contribution in [2.75, 3.05) is 20.1 Å². The number of piperidine rings is 1. The lowest BCUT2D eigenvalue weighted by molar-refractivity contribution is 0.0167.